The van der Waals surface area contributed by atoms with Crippen LogP contribution < -0.4 is 16.0 Å². The van der Waals surface area contributed by atoms with E-state index in [-0.39, 0.29) is 17.7 Å². The van der Waals surface area contributed by atoms with Gasteiger partial charge in [0.1, 0.15) is 0 Å². The van der Waals surface area contributed by atoms with Crippen LogP contribution >= 0.6 is 11.3 Å². The molecule has 3 aromatic rings. The van der Waals surface area contributed by atoms with Crippen molar-refractivity contribution in [3.05, 3.63) is 88.1 Å². The highest BCUT2D eigenvalue weighted by Crippen LogP contribution is 2.15. The molecule has 0 saturated heterocycles. The fourth-order valence-corrected chi connectivity index (χ4v) is 3.10. The predicted molar refractivity (Wildman–Crippen MR) is 110 cm³/mol. The molecule has 3 amide bonds. The van der Waals surface area contributed by atoms with Crippen LogP contribution in [0.3, 0.4) is 0 Å². The summed E-state index contributed by atoms with van der Waals surface area (Å²) < 4.78 is 0. The Morgan fingerprint density at radius 3 is 2.07 bits per heavy atom. The van der Waals surface area contributed by atoms with Crippen LogP contribution in [-0.2, 0) is 0 Å². The number of carbonyl (C=O) groups excluding carboxylic acids is 3. The summed E-state index contributed by atoms with van der Waals surface area (Å²) in [4.78, 5) is 36.9. The minimum absolute atomic E-state index is 0.187. The van der Waals surface area contributed by atoms with Gasteiger partial charge in [-0.1, -0.05) is 30.3 Å². The minimum Gasteiger partial charge on any atom is -0.350 e. The molecule has 3 rings (SSSR count). The molecule has 0 unspecified atom stereocenters. The summed E-state index contributed by atoms with van der Waals surface area (Å²) in [6.07, 6.45) is 0. The van der Waals surface area contributed by atoms with Crippen LogP contribution in [0.4, 0.5) is 5.69 Å². The van der Waals surface area contributed by atoms with E-state index >= 15 is 0 Å². The monoisotopic (exact) mass is 393 g/mol. The Balaban J connectivity index is 1.48. The maximum absolute atomic E-state index is 12.3. The average molecular weight is 393 g/mol. The fourth-order valence-electron chi connectivity index (χ4n) is 2.48. The Labute approximate surface area is 166 Å². The first-order valence-corrected chi connectivity index (χ1v) is 9.58. The second-order valence-corrected chi connectivity index (χ2v) is 6.84. The summed E-state index contributed by atoms with van der Waals surface area (Å²) in [6, 6.07) is 19.1. The van der Waals surface area contributed by atoms with E-state index in [9.17, 15) is 14.4 Å². The molecule has 0 atom stereocenters. The number of benzene rings is 2. The smallest absolute Gasteiger partial charge is 0.265 e. The summed E-state index contributed by atoms with van der Waals surface area (Å²) in [5.74, 6) is -0.675. The number of carbonyl (C=O) groups is 3. The van der Waals surface area contributed by atoms with Gasteiger partial charge in [-0.15, -0.1) is 11.3 Å². The predicted octanol–water partition coefficient (Wildman–Crippen LogP) is 3.16. The number of hydrogen-bond acceptors (Lipinski definition) is 4. The largest absolute Gasteiger partial charge is 0.350 e. The van der Waals surface area contributed by atoms with E-state index in [0.29, 0.717) is 34.8 Å². The summed E-state index contributed by atoms with van der Waals surface area (Å²) in [6.45, 7) is 0.609. The van der Waals surface area contributed by atoms with Gasteiger partial charge in [-0.2, -0.15) is 0 Å². The Hall–Kier alpha value is -3.45. The van der Waals surface area contributed by atoms with Crippen LogP contribution in [0.1, 0.15) is 30.4 Å². The van der Waals surface area contributed by atoms with Crippen molar-refractivity contribution in [3.63, 3.8) is 0 Å². The molecule has 0 fully saturated rings. The van der Waals surface area contributed by atoms with Crippen LogP contribution in [0.5, 0.6) is 0 Å². The van der Waals surface area contributed by atoms with E-state index in [1.165, 1.54) is 11.3 Å². The zero-order chi connectivity index (χ0) is 19.8. The third-order valence-electron chi connectivity index (χ3n) is 3.86. The third kappa shape index (κ3) is 5.28. The lowest BCUT2D eigenvalue weighted by molar-refractivity contribution is 0.0927. The number of rotatable bonds is 7. The van der Waals surface area contributed by atoms with Crippen LogP contribution in [0.25, 0.3) is 0 Å². The molecule has 0 radical (unpaired) electrons. The molecule has 142 valence electrons. The molecule has 1 aromatic heterocycles. The average Bonchev–Trinajstić information content (AvgIpc) is 3.27. The van der Waals surface area contributed by atoms with Crippen LogP contribution in [0, 0.1) is 0 Å². The minimum atomic E-state index is -0.277. The highest BCUT2D eigenvalue weighted by atomic mass is 32.1. The van der Waals surface area contributed by atoms with Gasteiger partial charge in [0.2, 0.25) is 0 Å². The van der Waals surface area contributed by atoms with Crippen molar-refractivity contribution in [2.45, 2.75) is 0 Å². The van der Waals surface area contributed by atoms with Crippen molar-refractivity contribution < 1.29 is 14.4 Å². The zero-order valence-electron chi connectivity index (χ0n) is 15.0. The molecule has 0 aliphatic heterocycles. The normalized spacial score (nSPS) is 10.1. The summed E-state index contributed by atoms with van der Waals surface area (Å²) in [7, 11) is 0. The number of amides is 3. The van der Waals surface area contributed by atoms with Gasteiger partial charge in [-0.05, 0) is 41.8 Å². The van der Waals surface area contributed by atoms with Gasteiger partial charge in [-0.25, -0.2) is 0 Å². The van der Waals surface area contributed by atoms with Gasteiger partial charge in [0.15, 0.2) is 0 Å². The maximum Gasteiger partial charge on any atom is 0.265 e. The molecule has 0 spiro atoms. The quantitative estimate of drug-likeness (QED) is 0.539. The molecular formula is C21H19N3O3S. The van der Waals surface area contributed by atoms with Gasteiger partial charge in [0, 0.05) is 29.9 Å². The van der Waals surface area contributed by atoms with Gasteiger partial charge in [0.25, 0.3) is 17.7 Å². The first-order chi connectivity index (χ1) is 13.6. The Kier molecular flexibility index (Phi) is 6.54. The van der Waals surface area contributed by atoms with Gasteiger partial charge < -0.3 is 16.0 Å². The van der Waals surface area contributed by atoms with E-state index in [4.69, 9.17) is 0 Å². The van der Waals surface area contributed by atoms with E-state index in [0.717, 1.165) is 0 Å². The van der Waals surface area contributed by atoms with Crippen molar-refractivity contribution in [3.8, 4) is 0 Å². The third-order valence-corrected chi connectivity index (χ3v) is 4.73. The molecule has 0 aliphatic carbocycles. The molecule has 2 aromatic carbocycles. The molecular weight excluding hydrogens is 374 g/mol. The lowest BCUT2D eigenvalue weighted by atomic mass is 10.2. The Morgan fingerprint density at radius 2 is 1.39 bits per heavy atom. The van der Waals surface area contributed by atoms with Crippen molar-refractivity contribution in [1.82, 2.24) is 10.6 Å². The molecule has 1 heterocycles. The highest BCUT2D eigenvalue weighted by Gasteiger charge is 2.10. The zero-order valence-corrected chi connectivity index (χ0v) is 15.8. The highest BCUT2D eigenvalue weighted by molar-refractivity contribution is 7.12. The lowest BCUT2D eigenvalue weighted by Crippen LogP contribution is -2.34. The van der Waals surface area contributed by atoms with Gasteiger partial charge in [0.05, 0.1) is 4.88 Å². The number of hydrogen-bond donors (Lipinski definition) is 3. The summed E-state index contributed by atoms with van der Waals surface area (Å²) in [5, 5.41) is 10.1. The second kappa shape index (κ2) is 9.48. The van der Waals surface area contributed by atoms with Crippen molar-refractivity contribution >= 4 is 34.7 Å². The molecule has 0 aliphatic rings. The first kappa shape index (κ1) is 19.3. The maximum atomic E-state index is 12.3. The van der Waals surface area contributed by atoms with Gasteiger partial charge in [-0.3, -0.25) is 14.4 Å². The lowest BCUT2D eigenvalue weighted by Gasteiger charge is -2.09. The van der Waals surface area contributed by atoms with Crippen molar-refractivity contribution in [2.75, 3.05) is 18.4 Å². The molecule has 6 nitrogen and oxygen atoms in total. The molecule has 3 N–H and O–H groups in total. The molecule has 7 heteroatoms. The Bertz CT molecular complexity index is 956. The number of nitrogens with one attached hydrogen (secondary N) is 3. The molecule has 28 heavy (non-hydrogen) atoms. The molecule has 0 saturated carbocycles. The van der Waals surface area contributed by atoms with Crippen LogP contribution in [-0.4, -0.2) is 30.8 Å². The summed E-state index contributed by atoms with van der Waals surface area (Å²) in [5.41, 5.74) is 1.55. The SMILES string of the molecule is O=C(NCCNC(=O)c1cccc(NC(=O)c2cccs2)c1)c1ccccc1. The Morgan fingerprint density at radius 1 is 0.714 bits per heavy atom. The van der Waals surface area contributed by atoms with Crippen LogP contribution in [0.2, 0.25) is 0 Å². The van der Waals surface area contributed by atoms with E-state index < -0.39 is 0 Å². The number of thiophene rings is 1. The van der Waals surface area contributed by atoms with Crippen molar-refractivity contribution in [1.29, 1.82) is 0 Å². The second-order valence-electron chi connectivity index (χ2n) is 5.89. The molecule has 0 bridgehead atoms. The topological polar surface area (TPSA) is 87.3 Å². The standard InChI is InChI=1S/C21H19N3O3S/c25-19(15-6-2-1-3-7-15)22-11-12-23-20(26)16-8-4-9-17(14-16)24-21(27)18-10-5-13-28-18/h1-10,13-14H,11-12H2,(H,22,25)(H,23,26)(H,24,27). The summed E-state index contributed by atoms with van der Waals surface area (Å²) >= 11 is 1.35. The van der Waals surface area contributed by atoms with E-state index in [1.807, 2.05) is 11.4 Å². The van der Waals surface area contributed by atoms with E-state index in [2.05, 4.69) is 16.0 Å². The van der Waals surface area contributed by atoms with E-state index in [1.54, 1.807) is 60.7 Å². The first-order valence-electron chi connectivity index (χ1n) is 8.70. The fraction of sp³-hybridized carbons (Fsp3) is 0.0952. The van der Waals surface area contributed by atoms with Gasteiger partial charge >= 0.3 is 0 Å². The van der Waals surface area contributed by atoms with Crippen LogP contribution in [0.15, 0.2) is 72.1 Å². The van der Waals surface area contributed by atoms with Crippen molar-refractivity contribution in [2.24, 2.45) is 0 Å². The number of anilines is 1.